The summed E-state index contributed by atoms with van der Waals surface area (Å²) < 4.78 is 1.72. The number of amides is 1. The Kier molecular flexibility index (Phi) is 3.05. The van der Waals surface area contributed by atoms with Crippen LogP contribution >= 0.6 is 0 Å². The molecule has 0 aliphatic carbocycles. The first-order valence-corrected chi connectivity index (χ1v) is 7.67. The van der Waals surface area contributed by atoms with E-state index in [2.05, 4.69) is 5.32 Å². The summed E-state index contributed by atoms with van der Waals surface area (Å²) in [7, 11) is 0. The number of para-hydroxylation sites is 1. The van der Waals surface area contributed by atoms with Gasteiger partial charge in [0.15, 0.2) is 0 Å². The maximum Gasteiger partial charge on any atom is 0.263 e. The van der Waals surface area contributed by atoms with Crippen molar-refractivity contribution in [1.82, 2.24) is 4.57 Å². The van der Waals surface area contributed by atoms with Crippen molar-refractivity contribution >= 4 is 22.5 Å². The van der Waals surface area contributed by atoms with E-state index in [1.807, 2.05) is 49.4 Å². The number of hydrogen-bond donors (Lipinski definition) is 1. The van der Waals surface area contributed by atoms with Crippen LogP contribution in [0.3, 0.4) is 0 Å². The van der Waals surface area contributed by atoms with E-state index in [1.165, 1.54) is 5.56 Å². The Morgan fingerprint density at radius 2 is 1.91 bits per heavy atom. The highest BCUT2D eigenvalue weighted by Gasteiger charge is 2.20. The van der Waals surface area contributed by atoms with Gasteiger partial charge >= 0.3 is 0 Å². The van der Waals surface area contributed by atoms with E-state index >= 15 is 0 Å². The second-order valence-corrected chi connectivity index (χ2v) is 5.94. The highest BCUT2D eigenvalue weighted by Crippen LogP contribution is 2.24. The summed E-state index contributed by atoms with van der Waals surface area (Å²) in [6, 6.07) is 15.2. The first-order valence-electron chi connectivity index (χ1n) is 7.67. The molecule has 0 saturated carbocycles. The highest BCUT2D eigenvalue weighted by atomic mass is 16.2. The molecule has 0 radical (unpaired) electrons. The first-order chi connectivity index (χ1) is 11.1. The fraction of sp³-hybridized carbons (Fsp3) is 0.158. The van der Waals surface area contributed by atoms with Crippen LogP contribution in [0.25, 0.3) is 10.9 Å². The Morgan fingerprint density at radius 1 is 1.13 bits per heavy atom. The Morgan fingerprint density at radius 3 is 2.70 bits per heavy atom. The summed E-state index contributed by atoms with van der Waals surface area (Å²) >= 11 is 0. The summed E-state index contributed by atoms with van der Waals surface area (Å²) in [6.07, 6.45) is 0.843. The van der Waals surface area contributed by atoms with Gasteiger partial charge in [0, 0.05) is 12.2 Å². The third-order valence-electron chi connectivity index (χ3n) is 4.35. The predicted molar refractivity (Wildman–Crippen MR) is 91.0 cm³/mol. The molecule has 2 aromatic carbocycles. The molecule has 3 aromatic rings. The number of anilines is 1. The predicted octanol–water partition coefficient (Wildman–Crippen LogP) is 3.12. The number of pyridine rings is 1. The van der Waals surface area contributed by atoms with E-state index in [0.29, 0.717) is 12.2 Å². The van der Waals surface area contributed by atoms with Gasteiger partial charge in [-0.15, -0.1) is 0 Å². The number of rotatable bonds is 2. The maximum atomic E-state index is 12.6. The summed E-state index contributed by atoms with van der Waals surface area (Å²) in [5.41, 5.74) is 3.92. The fourth-order valence-corrected chi connectivity index (χ4v) is 3.17. The standard InChI is InChI=1S/C19H16N2O2/c1-12-5-7-15(8-6-12)20-18(22)16-11-14-4-2-3-13-9-10-21(17(13)14)19(16)23/h2-8,11H,9-10H2,1H3,(H,20,22). The Bertz CT molecular complexity index is 985. The van der Waals surface area contributed by atoms with Gasteiger partial charge in [-0.05, 0) is 42.5 Å². The highest BCUT2D eigenvalue weighted by molar-refractivity contribution is 6.06. The molecule has 1 N–H and O–H groups in total. The average molecular weight is 304 g/mol. The molecule has 23 heavy (non-hydrogen) atoms. The van der Waals surface area contributed by atoms with E-state index in [1.54, 1.807) is 10.6 Å². The van der Waals surface area contributed by atoms with Gasteiger partial charge in [-0.3, -0.25) is 9.59 Å². The molecule has 4 rings (SSSR count). The van der Waals surface area contributed by atoms with Crippen molar-refractivity contribution in [3.05, 3.63) is 75.6 Å². The average Bonchev–Trinajstić information content (AvgIpc) is 2.99. The SMILES string of the molecule is Cc1ccc(NC(=O)c2cc3cccc4c3n(c2=O)CC4)cc1. The number of nitrogens with one attached hydrogen (secondary N) is 1. The van der Waals surface area contributed by atoms with Crippen molar-refractivity contribution < 1.29 is 4.79 Å². The van der Waals surface area contributed by atoms with Crippen molar-refractivity contribution in [1.29, 1.82) is 0 Å². The lowest BCUT2D eigenvalue weighted by Crippen LogP contribution is -2.28. The summed E-state index contributed by atoms with van der Waals surface area (Å²) in [6.45, 7) is 2.63. The number of aryl methyl sites for hydroxylation is 3. The van der Waals surface area contributed by atoms with E-state index in [-0.39, 0.29) is 17.0 Å². The normalized spacial score (nSPS) is 12.6. The molecule has 0 unspecified atom stereocenters. The van der Waals surface area contributed by atoms with Crippen molar-refractivity contribution in [2.45, 2.75) is 19.9 Å². The Hall–Kier alpha value is -2.88. The van der Waals surface area contributed by atoms with Crippen LogP contribution in [0, 0.1) is 6.92 Å². The second kappa shape index (κ2) is 5.09. The molecule has 1 amide bonds. The molecule has 114 valence electrons. The third-order valence-corrected chi connectivity index (χ3v) is 4.35. The van der Waals surface area contributed by atoms with Crippen LogP contribution in [0.2, 0.25) is 0 Å². The summed E-state index contributed by atoms with van der Waals surface area (Å²) in [4.78, 5) is 25.2. The lowest BCUT2D eigenvalue weighted by molar-refractivity contribution is 0.102. The Labute approximate surface area is 133 Å². The molecule has 0 spiro atoms. The number of nitrogens with zero attached hydrogens (tertiary/aromatic N) is 1. The molecule has 4 nitrogen and oxygen atoms in total. The smallest absolute Gasteiger partial charge is 0.263 e. The van der Waals surface area contributed by atoms with Crippen LogP contribution in [0.1, 0.15) is 21.5 Å². The molecule has 1 aliphatic heterocycles. The molecule has 2 heterocycles. The van der Waals surface area contributed by atoms with E-state index in [9.17, 15) is 9.59 Å². The van der Waals surface area contributed by atoms with Crippen LogP contribution in [0.4, 0.5) is 5.69 Å². The van der Waals surface area contributed by atoms with Crippen molar-refractivity contribution in [3.8, 4) is 0 Å². The van der Waals surface area contributed by atoms with Gasteiger partial charge < -0.3 is 9.88 Å². The molecule has 4 heteroatoms. The summed E-state index contributed by atoms with van der Waals surface area (Å²) in [5, 5.41) is 3.75. The number of benzene rings is 2. The minimum absolute atomic E-state index is 0.192. The molecule has 1 aromatic heterocycles. The zero-order chi connectivity index (χ0) is 16.0. The monoisotopic (exact) mass is 304 g/mol. The molecule has 0 saturated heterocycles. The van der Waals surface area contributed by atoms with Crippen LogP contribution in [-0.4, -0.2) is 10.5 Å². The maximum absolute atomic E-state index is 12.6. The van der Waals surface area contributed by atoms with E-state index < -0.39 is 0 Å². The second-order valence-electron chi connectivity index (χ2n) is 5.94. The van der Waals surface area contributed by atoms with E-state index in [4.69, 9.17) is 0 Å². The molecule has 0 bridgehead atoms. The van der Waals surface area contributed by atoms with Gasteiger partial charge in [0.05, 0.1) is 5.52 Å². The number of carbonyl (C=O) groups is 1. The van der Waals surface area contributed by atoms with Gasteiger partial charge in [-0.2, -0.15) is 0 Å². The number of hydrogen-bond acceptors (Lipinski definition) is 2. The molecule has 1 aliphatic rings. The topological polar surface area (TPSA) is 51.1 Å². The van der Waals surface area contributed by atoms with Gasteiger partial charge in [0.1, 0.15) is 5.56 Å². The Balaban J connectivity index is 1.78. The molecular weight excluding hydrogens is 288 g/mol. The number of aromatic nitrogens is 1. The third kappa shape index (κ3) is 2.23. The van der Waals surface area contributed by atoms with Crippen LogP contribution in [0.15, 0.2) is 53.3 Å². The minimum Gasteiger partial charge on any atom is -0.322 e. The zero-order valence-corrected chi connectivity index (χ0v) is 12.8. The fourth-order valence-electron chi connectivity index (χ4n) is 3.17. The molecule has 0 fully saturated rings. The van der Waals surface area contributed by atoms with Gasteiger partial charge in [-0.1, -0.05) is 35.9 Å². The summed E-state index contributed by atoms with van der Waals surface area (Å²) in [5.74, 6) is -0.359. The molecule has 0 atom stereocenters. The van der Waals surface area contributed by atoms with Gasteiger partial charge in [0.25, 0.3) is 11.5 Å². The van der Waals surface area contributed by atoms with Crippen molar-refractivity contribution in [2.75, 3.05) is 5.32 Å². The van der Waals surface area contributed by atoms with Crippen LogP contribution in [0.5, 0.6) is 0 Å². The lowest BCUT2D eigenvalue weighted by atomic mass is 10.1. The van der Waals surface area contributed by atoms with Gasteiger partial charge in [-0.25, -0.2) is 0 Å². The minimum atomic E-state index is -0.359. The largest absolute Gasteiger partial charge is 0.322 e. The lowest BCUT2D eigenvalue weighted by Gasteiger charge is -2.09. The van der Waals surface area contributed by atoms with Crippen LogP contribution < -0.4 is 10.9 Å². The zero-order valence-electron chi connectivity index (χ0n) is 12.8. The number of carbonyl (C=O) groups excluding carboxylic acids is 1. The van der Waals surface area contributed by atoms with Crippen LogP contribution in [-0.2, 0) is 13.0 Å². The van der Waals surface area contributed by atoms with Crippen molar-refractivity contribution in [2.24, 2.45) is 0 Å². The quantitative estimate of drug-likeness (QED) is 0.791. The van der Waals surface area contributed by atoms with Gasteiger partial charge in [0.2, 0.25) is 0 Å². The van der Waals surface area contributed by atoms with Crippen molar-refractivity contribution in [3.63, 3.8) is 0 Å². The first kappa shape index (κ1) is 13.8. The van der Waals surface area contributed by atoms with E-state index in [0.717, 1.165) is 22.9 Å². The molecular formula is C19H16N2O2.